The normalized spacial score (nSPS) is 19.5. The lowest BCUT2D eigenvalue weighted by molar-refractivity contribution is -0.133. The fourth-order valence-electron chi connectivity index (χ4n) is 4.96. The third kappa shape index (κ3) is 4.19. The zero-order valence-electron chi connectivity index (χ0n) is 19.2. The molecule has 3 heterocycles. The van der Waals surface area contributed by atoms with Gasteiger partial charge in [0.15, 0.2) is 0 Å². The first-order chi connectivity index (χ1) is 16.0. The Balaban J connectivity index is 1.42. The number of hydrogen-bond donors (Lipinski definition) is 0. The smallest absolute Gasteiger partial charge is 0.242 e. The van der Waals surface area contributed by atoms with Crippen LogP contribution in [-0.4, -0.2) is 53.0 Å². The zero-order valence-corrected chi connectivity index (χ0v) is 19.2. The molecule has 33 heavy (non-hydrogen) atoms. The highest BCUT2D eigenvalue weighted by Crippen LogP contribution is 2.34. The van der Waals surface area contributed by atoms with E-state index in [1.165, 1.54) is 0 Å². The van der Waals surface area contributed by atoms with E-state index < -0.39 is 0 Å². The number of fused-ring (bicyclic) bond motifs is 1. The maximum absolute atomic E-state index is 13.2. The summed E-state index contributed by atoms with van der Waals surface area (Å²) in [6, 6.07) is 15.5. The molecule has 2 aromatic carbocycles. The molecule has 0 aliphatic carbocycles. The monoisotopic (exact) mass is 446 g/mol. The van der Waals surface area contributed by atoms with Gasteiger partial charge in [-0.2, -0.15) is 0 Å². The fraction of sp³-hybridized carbons (Fsp3) is 0.423. The van der Waals surface area contributed by atoms with Crippen molar-refractivity contribution in [1.82, 2.24) is 14.5 Å². The summed E-state index contributed by atoms with van der Waals surface area (Å²) >= 11 is 0. The van der Waals surface area contributed by atoms with E-state index in [1.807, 2.05) is 62.9 Å². The van der Waals surface area contributed by atoms with E-state index in [4.69, 9.17) is 9.72 Å². The average molecular weight is 447 g/mol. The Morgan fingerprint density at radius 1 is 1.09 bits per heavy atom. The fourth-order valence-corrected chi connectivity index (χ4v) is 4.96. The number of nitrogens with zero attached hydrogens (tertiary/aromatic N) is 4. The number of hydrogen-bond acceptors (Lipinski definition) is 4. The third-order valence-electron chi connectivity index (χ3n) is 6.99. The molecule has 2 fully saturated rings. The van der Waals surface area contributed by atoms with Crippen LogP contribution >= 0.6 is 0 Å². The van der Waals surface area contributed by atoms with Crippen molar-refractivity contribution >= 4 is 28.5 Å². The number of methoxy groups -OCH3 is 1. The van der Waals surface area contributed by atoms with Crippen molar-refractivity contribution in [1.29, 1.82) is 0 Å². The van der Waals surface area contributed by atoms with Gasteiger partial charge in [0.2, 0.25) is 11.8 Å². The van der Waals surface area contributed by atoms with Crippen LogP contribution in [0.2, 0.25) is 0 Å². The lowest BCUT2D eigenvalue weighted by atomic mass is 9.99. The highest BCUT2D eigenvalue weighted by atomic mass is 16.5. The Labute approximate surface area is 193 Å². The third-order valence-corrected chi connectivity index (χ3v) is 6.99. The molecule has 0 N–H and O–H groups in total. The standard InChI is InChI=1S/C26H30N4O3/c1-18-11-13-28(14-12-18)25(32)17-30-23-6-4-3-5-22(23)27-26(30)19-15-24(31)29(16-19)20-7-9-21(33-2)10-8-20/h3-10,18-19H,11-17H2,1-2H3. The molecule has 5 rings (SSSR count). The Morgan fingerprint density at radius 2 is 1.82 bits per heavy atom. The van der Waals surface area contributed by atoms with E-state index in [9.17, 15) is 9.59 Å². The number of anilines is 1. The summed E-state index contributed by atoms with van der Waals surface area (Å²) in [6.07, 6.45) is 2.49. The Hall–Kier alpha value is -3.35. The summed E-state index contributed by atoms with van der Waals surface area (Å²) < 4.78 is 7.27. The molecule has 2 aliphatic rings. The number of carbonyl (C=O) groups is 2. The van der Waals surface area contributed by atoms with Gasteiger partial charge in [-0.05, 0) is 55.2 Å². The second-order valence-corrected chi connectivity index (χ2v) is 9.21. The Bertz CT molecular complexity index is 1160. The first-order valence-corrected chi connectivity index (χ1v) is 11.7. The average Bonchev–Trinajstić information content (AvgIpc) is 3.40. The molecule has 2 amide bonds. The molecule has 3 aromatic rings. The lowest BCUT2D eigenvalue weighted by Gasteiger charge is -2.30. The quantitative estimate of drug-likeness (QED) is 0.598. The number of rotatable bonds is 5. The number of benzene rings is 2. The van der Waals surface area contributed by atoms with Crippen LogP contribution in [0.25, 0.3) is 11.0 Å². The van der Waals surface area contributed by atoms with E-state index in [1.54, 1.807) is 7.11 Å². The van der Waals surface area contributed by atoms with Gasteiger partial charge in [-0.25, -0.2) is 4.98 Å². The number of imidazole rings is 1. The van der Waals surface area contributed by atoms with E-state index in [-0.39, 0.29) is 24.3 Å². The second-order valence-electron chi connectivity index (χ2n) is 9.21. The van der Waals surface area contributed by atoms with Crippen molar-refractivity contribution in [2.75, 3.05) is 31.6 Å². The van der Waals surface area contributed by atoms with E-state index in [0.717, 1.165) is 54.2 Å². The van der Waals surface area contributed by atoms with Gasteiger partial charge in [0, 0.05) is 37.7 Å². The van der Waals surface area contributed by atoms with Gasteiger partial charge in [-0.1, -0.05) is 19.1 Å². The molecule has 0 bridgehead atoms. The molecule has 7 nitrogen and oxygen atoms in total. The summed E-state index contributed by atoms with van der Waals surface area (Å²) in [5.74, 6) is 2.38. The van der Waals surface area contributed by atoms with Crippen molar-refractivity contribution in [3.8, 4) is 5.75 Å². The zero-order chi connectivity index (χ0) is 22.9. The molecule has 0 spiro atoms. The molecule has 0 radical (unpaired) electrons. The van der Waals surface area contributed by atoms with Crippen molar-refractivity contribution in [2.24, 2.45) is 5.92 Å². The van der Waals surface area contributed by atoms with Crippen molar-refractivity contribution in [3.63, 3.8) is 0 Å². The van der Waals surface area contributed by atoms with Crippen molar-refractivity contribution in [2.45, 2.75) is 38.6 Å². The largest absolute Gasteiger partial charge is 0.497 e. The molecule has 1 atom stereocenters. The number of likely N-dealkylation sites (tertiary alicyclic amines) is 1. The van der Waals surface area contributed by atoms with Crippen molar-refractivity contribution in [3.05, 3.63) is 54.4 Å². The Kier molecular flexibility index (Phi) is 5.79. The minimum Gasteiger partial charge on any atom is -0.497 e. The summed E-state index contributed by atoms with van der Waals surface area (Å²) in [7, 11) is 1.63. The molecule has 2 aliphatic heterocycles. The molecule has 172 valence electrons. The van der Waals surface area contributed by atoms with Gasteiger partial charge in [0.1, 0.15) is 18.1 Å². The van der Waals surface area contributed by atoms with E-state index in [0.29, 0.717) is 18.9 Å². The SMILES string of the molecule is COc1ccc(N2CC(c3nc4ccccc4n3CC(=O)N3CCC(C)CC3)CC2=O)cc1. The molecule has 1 unspecified atom stereocenters. The van der Waals surface area contributed by atoms with Gasteiger partial charge < -0.3 is 19.1 Å². The van der Waals surface area contributed by atoms with Crippen LogP contribution in [0.15, 0.2) is 48.5 Å². The van der Waals surface area contributed by atoms with Gasteiger partial charge in [0.25, 0.3) is 0 Å². The van der Waals surface area contributed by atoms with Crippen molar-refractivity contribution < 1.29 is 14.3 Å². The highest BCUT2D eigenvalue weighted by molar-refractivity contribution is 5.96. The number of aromatic nitrogens is 2. The first kappa shape index (κ1) is 21.5. The number of para-hydroxylation sites is 2. The maximum Gasteiger partial charge on any atom is 0.242 e. The highest BCUT2D eigenvalue weighted by Gasteiger charge is 2.35. The number of amides is 2. The van der Waals surface area contributed by atoms with Crippen LogP contribution in [0.5, 0.6) is 5.75 Å². The minimum absolute atomic E-state index is 0.0684. The summed E-state index contributed by atoms with van der Waals surface area (Å²) in [5, 5.41) is 0. The van der Waals surface area contributed by atoms with Crippen LogP contribution in [0.4, 0.5) is 5.69 Å². The summed E-state index contributed by atoms with van der Waals surface area (Å²) in [5.41, 5.74) is 2.66. The van der Waals surface area contributed by atoms with Crippen LogP contribution < -0.4 is 9.64 Å². The van der Waals surface area contributed by atoms with Gasteiger partial charge in [-0.3, -0.25) is 9.59 Å². The van der Waals surface area contributed by atoms with Gasteiger partial charge in [0.05, 0.1) is 18.1 Å². The maximum atomic E-state index is 13.2. The summed E-state index contributed by atoms with van der Waals surface area (Å²) in [6.45, 7) is 4.68. The van der Waals surface area contributed by atoms with Crippen LogP contribution in [0, 0.1) is 5.92 Å². The van der Waals surface area contributed by atoms with Gasteiger partial charge >= 0.3 is 0 Å². The minimum atomic E-state index is -0.0684. The van der Waals surface area contributed by atoms with Gasteiger partial charge in [-0.15, -0.1) is 0 Å². The Morgan fingerprint density at radius 3 is 2.55 bits per heavy atom. The van der Waals surface area contributed by atoms with E-state index >= 15 is 0 Å². The first-order valence-electron chi connectivity index (χ1n) is 11.7. The van der Waals surface area contributed by atoms with E-state index in [2.05, 4.69) is 6.92 Å². The van der Waals surface area contributed by atoms with Crippen LogP contribution in [0.1, 0.15) is 37.9 Å². The number of carbonyl (C=O) groups excluding carboxylic acids is 2. The predicted molar refractivity (Wildman–Crippen MR) is 127 cm³/mol. The molecule has 7 heteroatoms. The second kappa shape index (κ2) is 8.89. The predicted octanol–water partition coefficient (Wildman–Crippen LogP) is 3.82. The molecular weight excluding hydrogens is 416 g/mol. The summed E-state index contributed by atoms with van der Waals surface area (Å²) in [4.78, 5) is 34.8. The lowest BCUT2D eigenvalue weighted by Crippen LogP contribution is -2.40. The number of ether oxygens (including phenoxy) is 1. The number of piperidine rings is 1. The molecule has 1 aromatic heterocycles. The van der Waals surface area contributed by atoms with Crippen LogP contribution in [0.3, 0.4) is 0 Å². The topological polar surface area (TPSA) is 67.7 Å². The van der Waals surface area contributed by atoms with Crippen LogP contribution in [-0.2, 0) is 16.1 Å². The molecular formula is C26H30N4O3. The molecule has 2 saturated heterocycles. The molecule has 0 saturated carbocycles.